The Bertz CT molecular complexity index is 276. The number of halogens is 4. The largest absolute Gasteiger partial charge is 0.263 e. The van der Waals surface area contributed by atoms with Gasteiger partial charge in [0.05, 0.1) is 5.02 Å². The average molecular weight is 255 g/mol. The van der Waals surface area contributed by atoms with E-state index >= 15 is 0 Å². The van der Waals surface area contributed by atoms with Crippen molar-refractivity contribution in [3.63, 3.8) is 0 Å². The van der Waals surface area contributed by atoms with Crippen LogP contribution in [0.1, 0.15) is 17.6 Å². The molecule has 0 fully saturated rings. The number of alkyl halides is 2. The molecule has 4 heteroatoms. The second-order valence-corrected chi connectivity index (χ2v) is 3.63. The smallest absolute Gasteiger partial charge is 0.205 e. The summed E-state index contributed by atoms with van der Waals surface area (Å²) in [6.45, 7) is 1.72. The van der Waals surface area contributed by atoms with E-state index in [1.54, 1.807) is 6.92 Å². The summed E-state index contributed by atoms with van der Waals surface area (Å²) in [4.78, 5) is 0. The lowest BCUT2D eigenvalue weighted by atomic mass is 10.1. The van der Waals surface area contributed by atoms with E-state index in [4.69, 9.17) is 11.6 Å². The minimum Gasteiger partial charge on any atom is -0.205 e. The summed E-state index contributed by atoms with van der Waals surface area (Å²) < 4.78 is 25.0. The Kier molecular flexibility index (Phi) is 3.07. The number of hydrogen-bond donors (Lipinski definition) is 0. The fourth-order valence-electron chi connectivity index (χ4n) is 0.879. The van der Waals surface area contributed by atoms with Gasteiger partial charge in [0, 0.05) is 10.0 Å². The quantitative estimate of drug-likeness (QED) is 0.700. The van der Waals surface area contributed by atoms with Crippen LogP contribution >= 0.6 is 27.5 Å². The second kappa shape index (κ2) is 3.71. The van der Waals surface area contributed by atoms with Crippen LogP contribution in [0.15, 0.2) is 16.6 Å². The highest BCUT2D eigenvalue weighted by molar-refractivity contribution is 9.10. The van der Waals surface area contributed by atoms with Crippen LogP contribution in [0.25, 0.3) is 0 Å². The maximum atomic E-state index is 12.2. The average Bonchev–Trinajstić information content (AvgIpc) is 1.99. The van der Waals surface area contributed by atoms with Gasteiger partial charge in [-0.3, -0.25) is 0 Å². The van der Waals surface area contributed by atoms with Crippen molar-refractivity contribution in [3.8, 4) is 0 Å². The zero-order valence-corrected chi connectivity index (χ0v) is 8.59. The summed E-state index contributed by atoms with van der Waals surface area (Å²) in [7, 11) is 0. The molecule has 0 saturated heterocycles. The molecule has 0 bridgehead atoms. The molecule has 0 aliphatic heterocycles. The molecule has 12 heavy (non-hydrogen) atoms. The molecule has 1 aromatic carbocycles. The van der Waals surface area contributed by atoms with Gasteiger partial charge in [0.2, 0.25) is 0 Å². The summed E-state index contributed by atoms with van der Waals surface area (Å²) in [6.07, 6.45) is -2.46. The van der Waals surface area contributed by atoms with E-state index in [0.717, 1.165) is 5.56 Å². The molecule has 0 N–H and O–H groups in total. The molecule has 1 rings (SSSR count). The highest BCUT2D eigenvalue weighted by atomic mass is 79.9. The number of aryl methyl sites for hydroxylation is 1. The van der Waals surface area contributed by atoms with Gasteiger partial charge in [0.15, 0.2) is 0 Å². The predicted octanol–water partition coefficient (Wildman–Crippen LogP) is 4.35. The molecule has 66 valence electrons. The van der Waals surface area contributed by atoms with Crippen molar-refractivity contribution in [1.29, 1.82) is 0 Å². The van der Waals surface area contributed by atoms with E-state index in [1.165, 1.54) is 12.1 Å². The summed E-state index contributed by atoms with van der Waals surface area (Å²) >= 11 is 8.87. The molecule has 0 amide bonds. The van der Waals surface area contributed by atoms with Crippen molar-refractivity contribution < 1.29 is 8.78 Å². The molecule has 0 radical (unpaired) electrons. The lowest BCUT2D eigenvalue weighted by Gasteiger charge is -2.05. The fourth-order valence-corrected chi connectivity index (χ4v) is 1.38. The Balaban J connectivity index is 3.21. The molecule has 0 aliphatic carbocycles. The first-order chi connectivity index (χ1) is 5.52. The molecule has 0 unspecified atom stereocenters. The summed E-state index contributed by atoms with van der Waals surface area (Å²) in [6, 6.07) is 2.68. The summed E-state index contributed by atoms with van der Waals surface area (Å²) in [5.74, 6) is 0. The van der Waals surface area contributed by atoms with Crippen molar-refractivity contribution in [1.82, 2.24) is 0 Å². The van der Waals surface area contributed by atoms with E-state index in [-0.39, 0.29) is 5.56 Å². The SMILES string of the molecule is Cc1cc(C(F)F)cc(Cl)c1Br. The van der Waals surface area contributed by atoms with E-state index in [2.05, 4.69) is 15.9 Å². The van der Waals surface area contributed by atoms with Crippen molar-refractivity contribution in [2.45, 2.75) is 13.3 Å². The molecule has 0 aliphatic rings. The maximum absolute atomic E-state index is 12.2. The van der Waals surface area contributed by atoms with Crippen LogP contribution in [0.4, 0.5) is 8.78 Å². The summed E-state index contributed by atoms with van der Waals surface area (Å²) in [5.41, 5.74) is 0.679. The zero-order valence-electron chi connectivity index (χ0n) is 6.24. The molecule has 0 nitrogen and oxygen atoms in total. The minimum atomic E-state index is -2.46. The Hall–Kier alpha value is -0.150. The van der Waals surface area contributed by atoms with Gasteiger partial charge < -0.3 is 0 Å². The van der Waals surface area contributed by atoms with E-state index in [1.807, 2.05) is 0 Å². The highest BCUT2D eigenvalue weighted by Gasteiger charge is 2.10. The monoisotopic (exact) mass is 254 g/mol. The Morgan fingerprint density at radius 2 is 2.00 bits per heavy atom. The van der Waals surface area contributed by atoms with E-state index < -0.39 is 6.43 Å². The molecule has 0 aromatic heterocycles. The first-order valence-electron chi connectivity index (χ1n) is 3.26. The van der Waals surface area contributed by atoms with E-state index in [9.17, 15) is 8.78 Å². The fraction of sp³-hybridized carbons (Fsp3) is 0.250. The van der Waals surface area contributed by atoms with Crippen molar-refractivity contribution in [2.75, 3.05) is 0 Å². The van der Waals surface area contributed by atoms with Crippen molar-refractivity contribution >= 4 is 27.5 Å². The van der Waals surface area contributed by atoms with Crippen molar-refractivity contribution in [2.24, 2.45) is 0 Å². The molecular formula is C8H6BrClF2. The van der Waals surface area contributed by atoms with Gasteiger partial charge >= 0.3 is 0 Å². The topological polar surface area (TPSA) is 0 Å². The van der Waals surface area contributed by atoms with Crippen LogP contribution in [0.5, 0.6) is 0 Å². The van der Waals surface area contributed by atoms with Crippen LogP contribution in [0.2, 0.25) is 5.02 Å². The number of benzene rings is 1. The lowest BCUT2D eigenvalue weighted by molar-refractivity contribution is 0.151. The zero-order chi connectivity index (χ0) is 9.30. The third-order valence-corrected chi connectivity index (χ3v) is 3.06. The Morgan fingerprint density at radius 3 is 2.42 bits per heavy atom. The van der Waals surface area contributed by atoms with E-state index in [0.29, 0.717) is 9.50 Å². The molecule has 0 spiro atoms. The standard InChI is InChI=1S/C8H6BrClF2/c1-4-2-5(8(11)12)3-6(10)7(4)9/h2-3,8H,1H3. The molecule has 0 saturated carbocycles. The third kappa shape index (κ3) is 1.96. The summed E-state index contributed by atoms with van der Waals surface area (Å²) in [5, 5.41) is 0.324. The van der Waals surface area contributed by atoms with Gasteiger partial charge in [-0.25, -0.2) is 8.78 Å². The molecule has 0 atom stereocenters. The molecule has 0 heterocycles. The van der Waals surface area contributed by atoms with Gasteiger partial charge in [-0.1, -0.05) is 11.6 Å². The van der Waals surface area contributed by atoms with Gasteiger partial charge in [-0.2, -0.15) is 0 Å². The third-order valence-electron chi connectivity index (χ3n) is 1.48. The number of hydrogen-bond acceptors (Lipinski definition) is 0. The molecular weight excluding hydrogens is 249 g/mol. The normalized spacial score (nSPS) is 10.8. The Morgan fingerprint density at radius 1 is 1.42 bits per heavy atom. The van der Waals surface area contributed by atoms with Crippen LogP contribution in [0, 0.1) is 6.92 Å². The van der Waals surface area contributed by atoms with Crippen LogP contribution < -0.4 is 0 Å². The predicted molar refractivity (Wildman–Crippen MR) is 48.8 cm³/mol. The second-order valence-electron chi connectivity index (χ2n) is 2.43. The van der Waals surface area contributed by atoms with Crippen LogP contribution in [-0.2, 0) is 0 Å². The van der Waals surface area contributed by atoms with Gasteiger partial charge in [-0.15, -0.1) is 0 Å². The number of rotatable bonds is 1. The minimum absolute atomic E-state index is 0.0410. The highest BCUT2D eigenvalue weighted by Crippen LogP contribution is 2.31. The first kappa shape index (κ1) is 9.93. The van der Waals surface area contributed by atoms with Gasteiger partial charge in [0.1, 0.15) is 0 Å². The molecule has 1 aromatic rings. The van der Waals surface area contributed by atoms with Crippen LogP contribution in [0.3, 0.4) is 0 Å². The van der Waals surface area contributed by atoms with Gasteiger partial charge in [-0.05, 0) is 40.5 Å². The Labute approximate surface area is 82.7 Å². The van der Waals surface area contributed by atoms with Crippen molar-refractivity contribution in [3.05, 3.63) is 32.8 Å². The lowest BCUT2D eigenvalue weighted by Crippen LogP contribution is -1.87. The maximum Gasteiger partial charge on any atom is 0.263 e. The van der Waals surface area contributed by atoms with Gasteiger partial charge in [0.25, 0.3) is 6.43 Å². The first-order valence-corrected chi connectivity index (χ1v) is 4.43. The van der Waals surface area contributed by atoms with Crippen LogP contribution in [-0.4, -0.2) is 0 Å².